The van der Waals surface area contributed by atoms with Crippen LogP contribution in [0.5, 0.6) is 0 Å². The average Bonchev–Trinajstić information content (AvgIpc) is 3.19. The number of aromatic amines is 1. The van der Waals surface area contributed by atoms with Crippen molar-refractivity contribution >= 4 is 28.8 Å². The van der Waals surface area contributed by atoms with E-state index in [1.807, 2.05) is 26.8 Å². The molecule has 1 aliphatic rings. The van der Waals surface area contributed by atoms with Gasteiger partial charge in [0.1, 0.15) is 11.2 Å². The molecule has 1 aliphatic heterocycles. The summed E-state index contributed by atoms with van der Waals surface area (Å²) < 4.78 is 10.5. The van der Waals surface area contributed by atoms with Crippen molar-refractivity contribution in [3.63, 3.8) is 0 Å². The zero-order valence-corrected chi connectivity index (χ0v) is 16.2. The maximum absolute atomic E-state index is 12.3. The fraction of sp³-hybridized carbons (Fsp3) is 0.526. The third-order valence-corrected chi connectivity index (χ3v) is 4.30. The molecular formula is C19H26N4O4. The van der Waals surface area contributed by atoms with Gasteiger partial charge in [-0.15, -0.1) is 0 Å². The van der Waals surface area contributed by atoms with Gasteiger partial charge >= 0.3 is 12.1 Å². The van der Waals surface area contributed by atoms with E-state index in [9.17, 15) is 9.59 Å². The first-order valence-electron chi connectivity index (χ1n) is 9.16. The smallest absolute Gasteiger partial charge is 0.407 e. The summed E-state index contributed by atoms with van der Waals surface area (Å²) in [5, 5.41) is 3.66. The molecule has 2 aromatic heterocycles. The number of carbonyl (C=O) groups is 2. The van der Waals surface area contributed by atoms with E-state index in [2.05, 4.69) is 20.2 Å². The van der Waals surface area contributed by atoms with Crippen LogP contribution in [0.2, 0.25) is 0 Å². The first kappa shape index (κ1) is 19.0. The maximum atomic E-state index is 12.3. The second-order valence-electron chi connectivity index (χ2n) is 7.55. The Morgan fingerprint density at radius 3 is 2.89 bits per heavy atom. The molecule has 1 amide bonds. The number of carbonyl (C=O) groups excluding carboxylic acids is 2. The van der Waals surface area contributed by atoms with E-state index < -0.39 is 11.7 Å². The van der Waals surface area contributed by atoms with Crippen LogP contribution in [0.1, 0.15) is 44.5 Å². The Morgan fingerprint density at radius 2 is 2.19 bits per heavy atom. The summed E-state index contributed by atoms with van der Waals surface area (Å²) in [7, 11) is 0. The molecular weight excluding hydrogens is 348 g/mol. The number of pyridine rings is 1. The highest BCUT2D eigenvalue weighted by Crippen LogP contribution is 2.31. The first-order valence-corrected chi connectivity index (χ1v) is 9.16. The van der Waals surface area contributed by atoms with Gasteiger partial charge in [0.2, 0.25) is 0 Å². The molecule has 3 heterocycles. The Kier molecular flexibility index (Phi) is 5.25. The van der Waals surface area contributed by atoms with E-state index >= 15 is 0 Å². The highest BCUT2D eigenvalue weighted by molar-refractivity contribution is 6.08. The number of nitrogens with zero attached hydrogens (tertiary/aromatic N) is 2. The zero-order chi connectivity index (χ0) is 19.6. The Bertz CT molecular complexity index is 840. The number of aromatic nitrogens is 2. The van der Waals surface area contributed by atoms with Gasteiger partial charge < -0.3 is 24.7 Å². The summed E-state index contributed by atoms with van der Waals surface area (Å²) in [5.41, 5.74) is 1.48. The minimum absolute atomic E-state index is 0.0203. The van der Waals surface area contributed by atoms with Crippen LogP contribution in [0.25, 0.3) is 11.0 Å². The molecule has 146 valence electrons. The van der Waals surface area contributed by atoms with Crippen LogP contribution in [-0.2, 0) is 9.47 Å². The fourth-order valence-corrected chi connectivity index (χ4v) is 3.24. The number of hydrogen-bond donors (Lipinski definition) is 2. The van der Waals surface area contributed by atoms with Crippen molar-refractivity contribution in [1.82, 2.24) is 15.3 Å². The largest absolute Gasteiger partial charge is 0.462 e. The number of esters is 1. The Morgan fingerprint density at radius 1 is 1.41 bits per heavy atom. The van der Waals surface area contributed by atoms with Crippen LogP contribution in [0.3, 0.4) is 0 Å². The second-order valence-corrected chi connectivity index (χ2v) is 7.55. The molecule has 2 aromatic rings. The first-order chi connectivity index (χ1) is 12.8. The van der Waals surface area contributed by atoms with Crippen molar-refractivity contribution in [2.45, 2.75) is 45.8 Å². The van der Waals surface area contributed by atoms with Crippen LogP contribution < -0.4 is 10.2 Å². The maximum Gasteiger partial charge on any atom is 0.407 e. The minimum Gasteiger partial charge on any atom is -0.462 e. The number of rotatable bonds is 4. The monoisotopic (exact) mass is 374 g/mol. The van der Waals surface area contributed by atoms with E-state index in [0.29, 0.717) is 24.4 Å². The number of hydrogen-bond acceptors (Lipinski definition) is 6. The molecule has 3 rings (SSSR count). The van der Waals surface area contributed by atoms with Gasteiger partial charge in [-0.3, -0.25) is 0 Å². The fourth-order valence-electron chi connectivity index (χ4n) is 3.24. The summed E-state index contributed by atoms with van der Waals surface area (Å²) in [6.07, 6.45) is 3.72. The summed E-state index contributed by atoms with van der Waals surface area (Å²) >= 11 is 0. The lowest BCUT2D eigenvalue weighted by Crippen LogP contribution is -2.40. The van der Waals surface area contributed by atoms with Crippen molar-refractivity contribution in [2.24, 2.45) is 0 Å². The third kappa shape index (κ3) is 4.32. The van der Waals surface area contributed by atoms with Crippen molar-refractivity contribution < 1.29 is 19.1 Å². The van der Waals surface area contributed by atoms with Crippen molar-refractivity contribution in [3.05, 3.63) is 24.0 Å². The third-order valence-electron chi connectivity index (χ3n) is 4.30. The Hall–Kier alpha value is -2.77. The number of nitrogens with one attached hydrogen (secondary N) is 2. The lowest BCUT2D eigenvalue weighted by atomic mass is 10.1. The molecule has 1 fully saturated rings. The zero-order valence-electron chi connectivity index (χ0n) is 16.2. The van der Waals surface area contributed by atoms with Crippen molar-refractivity contribution in [3.8, 4) is 0 Å². The van der Waals surface area contributed by atoms with Crippen molar-refractivity contribution in [1.29, 1.82) is 0 Å². The average molecular weight is 374 g/mol. The standard InChI is InChI=1S/C19H26N4O4/c1-5-26-17(24)13-10-21-16-15(13)14(6-8-20-16)23-9-7-12(11-23)22-18(25)27-19(2,3)4/h6,8,10,12H,5,7,9,11H2,1-4H3,(H,20,21)(H,22,25). The van der Waals surface area contributed by atoms with Gasteiger partial charge in [0.05, 0.1) is 29.3 Å². The quantitative estimate of drug-likeness (QED) is 0.799. The number of alkyl carbamates (subject to hydrolysis) is 1. The number of amides is 1. The van der Waals surface area contributed by atoms with Crippen LogP contribution in [0.4, 0.5) is 10.5 Å². The molecule has 2 N–H and O–H groups in total. The van der Waals surface area contributed by atoms with Crippen LogP contribution in [-0.4, -0.2) is 53.4 Å². The predicted octanol–water partition coefficient (Wildman–Crippen LogP) is 2.84. The molecule has 0 aliphatic carbocycles. The van der Waals surface area contributed by atoms with E-state index in [1.54, 1.807) is 19.3 Å². The van der Waals surface area contributed by atoms with Crippen LogP contribution >= 0.6 is 0 Å². The van der Waals surface area contributed by atoms with Gasteiger partial charge in [-0.2, -0.15) is 0 Å². The molecule has 27 heavy (non-hydrogen) atoms. The number of anilines is 1. The summed E-state index contributed by atoms with van der Waals surface area (Å²) in [6, 6.07) is 1.86. The van der Waals surface area contributed by atoms with E-state index in [4.69, 9.17) is 9.47 Å². The topological polar surface area (TPSA) is 96.5 Å². The normalized spacial score (nSPS) is 17.2. The van der Waals surface area contributed by atoms with Crippen LogP contribution in [0, 0.1) is 0 Å². The van der Waals surface area contributed by atoms with Crippen molar-refractivity contribution in [2.75, 3.05) is 24.6 Å². The highest BCUT2D eigenvalue weighted by atomic mass is 16.6. The lowest BCUT2D eigenvalue weighted by molar-refractivity contribution is 0.0504. The Balaban J connectivity index is 1.77. The molecule has 8 heteroatoms. The molecule has 1 unspecified atom stereocenters. The summed E-state index contributed by atoms with van der Waals surface area (Å²) in [4.78, 5) is 33.8. The highest BCUT2D eigenvalue weighted by Gasteiger charge is 2.28. The van der Waals surface area contributed by atoms with E-state index in [1.165, 1.54) is 0 Å². The molecule has 8 nitrogen and oxygen atoms in total. The van der Waals surface area contributed by atoms with E-state index in [0.717, 1.165) is 24.0 Å². The molecule has 0 saturated carbocycles. The van der Waals surface area contributed by atoms with Gasteiger partial charge in [0.15, 0.2) is 0 Å². The van der Waals surface area contributed by atoms with Gasteiger partial charge in [-0.25, -0.2) is 14.6 Å². The number of fused-ring (bicyclic) bond motifs is 1. The number of ether oxygens (including phenoxy) is 2. The second kappa shape index (κ2) is 7.46. The lowest BCUT2D eigenvalue weighted by Gasteiger charge is -2.23. The summed E-state index contributed by atoms with van der Waals surface area (Å²) in [6.45, 7) is 8.99. The predicted molar refractivity (Wildman–Crippen MR) is 102 cm³/mol. The number of H-pyrrole nitrogens is 1. The molecule has 0 bridgehead atoms. The van der Waals surface area contributed by atoms with E-state index in [-0.39, 0.29) is 12.0 Å². The molecule has 1 atom stereocenters. The van der Waals surface area contributed by atoms with Gasteiger partial charge in [-0.1, -0.05) is 0 Å². The SMILES string of the molecule is CCOC(=O)c1c[nH]c2nccc(N3CCC(NC(=O)OC(C)(C)C)C3)c12. The molecule has 0 radical (unpaired) electrons. The minimum atomic E-state index is -0.528. The Labute approximate surface area is 158 Å². The van der Waals surface area contributed by atoms with Gasteiger partial charge in [-0.05, 0) is 40.2 Å². The van der Waals surface area contributed by atoms with Crippen LogP contribution in [0.15, 0.2) is 18.5 Å². The summed E-state index contributed by atoms with van der Waals surface area (Å²) in [5.74, 6) is -0.374. The van der Waals surface area contributed by atoms with Gasteiger partial charge in [0.25, 0.3) is 0 Å². The molecule has 0 aromatic carbocycles. The molecule has 0 spiro atoms. The van der Waals surface area contributed by atoms with Gasteiger partial charge in [0, 0.05) is 25.5 Å². The molecule has 1 saturated heterocycles.